The maximum Gasteiger partial charge on any atom is 0.322 e. The second kappa shape index (κ2) is 8.81. The first-order valence-electron chi connectivity index (χ1n) is 12.1. The number of hydrogen-bond donors (Lipinski definition) is 2. The molecular weight excluding hydrogens is 458 g/mol. The maximum atomic E-state index is 13.3. The van der Waals surface area contributed by atoms with E-state index in [2.05, 4.69) is 55.6 Å². The van der Waals surface area contributed by atoms with Gasteiger partial charge in [-0.15, -0.1) is 0 Å². The van der Waals surface area contributed by atoms with Crippen molar-refractivity contribution in [2.24, 2.45) is 5.14 Å². The number of primary sulfonamides is 1. The number of rotatable bonds is 4. The third-order valence-corrected chi connectivity index (χ3v) is 8.52. The highest BCUT2D eigenvalue weighted by Gasteiger charge is 2.46. The number of amides is 2. The molecule has 1 aliphatic heterocycles. The molecule has 2 amide bonds. The molecule has 1 aliphatic carbocycles. The number of nitrogens with one attached hydrogen (secondary N) is 1. The zero-order valence-electron chi connectivity index (χ0n) is 20.2. The third-order valence-electron chi connectivity index (χ3n) is 7.59. The van der Waals surface area contributed by atoms with Crippen LogP contribution in [0.1, 0.15) is 47.9 Å². The van der Waals surface area contributed by atoms with Crippen LogP contribution in [-0.4, -0.2) is 21.0 Å². The Hall–Kier alpha value is -3.16. The molecule has 0 unspecified atom stereocenters. The molecule has 1 heterocycles. The van der Waals surface area contributed by atoms with Crippen LogP contribution in [0.5, 0.6) is 0 Å². The molecule has 1 spiro atoms. The van der Waals surface area contributed by atoms with E-state index < -0.39 is 10.0 Å². The van der Waals surface area contributed by atoms with E-state index in [0.717, 1.165) is 24.1 Å². The van der Waals surface area contributed by atoms with E-state index >= 15 is 0 Å². The van der Waals surface area contributed by atoms with E-state index in [1.165, 1.54) is 52.8 Å². The maximum absolute atomic E-state index is 13.3. The van der Waals surface area contributed by atoms with Gasteiger partial charge in [-0.1, -0.05) is 49.2 Å². The number of urea groups is 1. The lowest BCUT2D eigenvalue weighted by Crippen LogP contribution is -2.41. The molecule has 7 heteroatoms. The summed E-state index contributed by atoms with van der Waals surface area (Å²) in [6.07, 6.45) is 4.54. The average molecular weight is 490 g/mol. The first kappa shape index (κ1) is 23.6. The van der Waals surface area contributed by atoms with Gasteiger partial charge < -0.3 is 5.32 Å². The van der Waals surface area contributed by atoms with Gasteiger partial charge in [-0.05, 0) is 84.3 Å². The van der Waals surface area contributed by atoms with Crippen LogP contribution in [0.25, 0.3) is 11.1 Å². The number of carbonyl (C=O) groups is 1. The van der Waals surface area contributed by atoms with Gasteiger partial charge in [0, 0.05) is 24.2 Å². The number of fused-ring (bicyclic) bond motifs is 2. The topological polar surface area (TPSA) is 92.5 Å². The van der Waals surface area contributed by atoms with Gasteiger partial charge >= 0.3 is 6.03 Å². The van der Waals surface area contributed by atoms with Crippen LogP contribution >= 0.6 is 0 Å². The number of sulfonamides is 1. The molecule has 3 N–H and O–H groups in total. The third kappa shape index (κ3) is 4.34. The van der Waals surface area contributed by atoms with Crippen molar-refractivity contribution in [3.8, 4) is 11.1 Å². The highest BCUT2D eigenvalue weighted by atomic mass is 32.2. The summed E-state index contributed by atoms with van der Waals surface area (Å²) in [5, 5.41) is 8.19. The molecule has 6 nitrogen and oxygen atoms in total. The molecule has 0 aromatic heterocycles. The van der Waals surface area contributed by atoms with Gasteiger partial charge in [0.15, 0.2) is 0 Å². The Bertz CT molecular complexity index is 1370. The molecule has 0 radical (unpaired) electrons. The van der Waals surface area contributed by atoms with Crippen molar-refractivity contribution in [2.45, 2.75) is 56.4 Å². The number of nitrogens with two attached hydrogens (primary N) is 1. The fraction of sp³-hybridized carbons (Fsp3) is 0.321. The number of aryl methyl sites for hydroxylation is 2. The zero-order chi connectivity index (χ0) is 24.8. The monoisotopic (exact) mass is 489 g/mol. The van der Waals surface area contributed by atoms with Crippen LogP contribution in [0, 0.1) is 13.8 Å². The van der Waals surface area contributed by atoms with Crippen LogP contribution < -0.4 is 15.4 Å². The molecule has 35 heavy (non-hydrogen) atoms. The SMILES string of the molecule is Cc1cccc(C)c1-c1ccc2c(c1)C1(CCCC1)CN2C(=O)NCc1ccc(S(N)(=O)=O)cc1. The minimum atomic E-state index is -3.74. The van der Waals surface area contributed by atoms with Crippen molar-refractivity contribution in [3.63, 3.8) is 0 Å². The van der Waals surface area contributed by atoms with Gasteiger partial charge in [0.25, 0.3) is 0 Å². The number of benzene rings is 3. The molecule has 3 aromatic carbocycles. The second-order valence-corrected chi connectivity index (χ2v) is 11.5. The van der Waals surface area contributed by atoms with E-state index in [4.69, 9.17) is 5.14 Å². The van der Waals surface area contributed by atoms with Crippen LogP contribution in [0.3, 0.4) is 0 Å². The first-order chi connectivity index (χ1) is 16.7. The fourth-order valence-corrected chi connectivity index (χ4v) is 6.34. The molecule has 1 fully saturated rings. The Morgan fingerprint density at radius 3 is 2.29 bits per heavy atom. The highest BCUT2D eigenvalue weighted by molar-refractivity contribution is 7.89. The average Bonchev–Trinajstić information content (AvgIpc) is 3.42. The molecule has 0 bridgehead atoms. The molecule has 2 aliphatic rings. The predicted molar refractivity (Wildman–Crippen MR) is 139 cm³/mol. The van der Waals surface area contributed by atoms with Gasteiger partial charge in [0.05, 0.1) is 4.90 Å². The summed E-state index contributed by atoms with van der Waals surface area (Å²) in [4.78, 5) is 15.3. The minimum absolute atomic E-state index is 0.0103. The summed E-state index contributed by atoms with van der Waals surface area (Å²) in [6.45, 7) is 5.30. The largest absolute Gasteiger partial charge is 0.334 e. The summed E-state index contributed by atoms with van der Waals surface area (Å²) in [6, 6.07) is 19.1. The van der Waals surface area contributed by atoms with Crippen LogP contribution in [0.15, 0.2) is 65.6 Å². The summed E-state index contributed by atoms with van der Waals surface area (Å²) in [7, 11) is -3.74. The lowest BCUT2D eigenvalue weighted by molar-refractivity contribution is 0.245. The van der Waals surface area contributed by atoms with Crippen LogP contribution in [0.4, 0.5) is 10.5 Å². The Morgan fingerprint density at radius 2 is 1.66 bits per heavy atom. The van der Waals surface area contributed by atoms with Gasteiger partial charge in [-0.25, -0.2) is 18.4 Å². The summed E-state index contributed by atoms with van der Waals surface area (Å²) < 4.78 is 23.0. The van der Waals surface area contributed by atoms with Crippen LogP contribution in [-0.2, 0) is 22.0 Å². The van der Waals surface area contributed by atoms with E-state index in [9.17, 15) is 13.2 Å². The number of anilines is 1. The summed E-state index contributed by atoms with van der Waals surface area (Å²) >= 11 is 0. The summed E-state index contributed by atoms with van der Waals surface area (Å²) in [5.41, 5.74) is 8.09. The molecule has 0 atom stereocenters. The lowest BCUT2D eigenvalue weighted by atomic mass is 9.79. The quantitative estimate of drug-likeness (QED) is 0.530. The lowest BCUT2D eigenvalue weighted by Gasteiger charge is -2.25. The number of carbonyl (C=O) groups excluding carboxylic acids is 1. The molecule has 5 rings (SSSR count). The Balaban J connectivity index is 1.41. The van der Waals surface area contributed by atoms with Crippen LogP contribution in [0.2, 0.25) is 0 Å². The predicted octanol–water partition coefficient (Wildman–Crippen LogP) is 5.16. The van der Waals surface area contributed by atoms with Crippen molar-refractivity contribution >= 4 is 21.7 Å². The molecule has 3 aromatic rings. The van der Waals surface area contributed by atoms with Gasteiger partial charge in [0.1, 0.15) is 0 Å². The van der Waals surface area contributed by atoms with Crippen molar-refractivity contribution in [3.05, 3.63) is 82.9 Å². The van der Waals surface area contributed by atoms with E-state index in [1.54, 1.807) is 12.1 Å². The normalized spacial score (nSPS) is 16.5. The highest BCUT2D eigenvalue weighted by Crippen LogP contribution is 2.51. The molecule has 0 saturated heterocycles. The second-order valence-electron chi connectivity index (χ2n) is 9.92. The minimum Gasteiger partial charge on any atom is -0.334 e. The van der Waals surface area contributed by atoms with E-state index in [0.29, 0.717) is 13.1 Å². The Kier molecular flexibility index (Phi) is 5.93. The number of nitrogens with zero attached hydrogens (tertiary/aromatic N) is 1. The van der Waals surface area contributed by atoms with E-state index in [-0.39, 0.29) is 16.3 Å². The smallest absolute Gasteiger partial charge is 0.322 e. The Labute approximate surface area is 207 Å². The Morgan fingerprint density at radius 1 is 1.00 bits per heavy atom. The molecular formula is C28H31N3O3S. The van der Waals surface area contributed by atoms with E-state index in [1.807, 2.05) is 4.90 Å². The first-order valence-corrected chi connectivity index (χ1v) is 13.6. The molecule has 1 saturated carbocycles. The summed E-state index contributed by atoms with van der Waals surface area (Å²) in [5.74, 6) is 0. The van der Waals surface area contributed by atoms with Crippen molar-refractivity contribution < 1.29 is 13.2 Å². The van der Waals surface area contributed by atoms with Gasteiger partial charge in [-0.2, -0.15) is 0 Å². The standard InChI is InChI=1S/C28H31N3O3S/c1-19-6-5-7-20(2)26(19)22-10-13-25-24(16-22)28(14-3-4-15-28)18-31(25)27(32)30-17-21-8-11-23(12-9-21)35(29,33)34/h5-13,16H,3-4,14-15,17-18H2,1-2H3,(H,30,32)(H2,29,33,34). The fourth-order valence-electron chi connectivity index (χ4n) is 5.83. The zero-order valence-corrected chi connectivity index (χ0v) is 21.0. The van der Waals surface area contributed by atoms with Gasteiger partial charge in [0.2, 0.25) is 10.0 Å². The van der Waals surface area contributed by atoms with Crippen molar-refractivity contribution in [2.75, 3.05) is 11.4 Å². The number of hydrogen-bond acceptors (Lipinski definition) is 3. The van der Waals surface area contributed by atoms with Crippen molar-refractivity contribution in [1.82, 2.24) is 5.32 Å². The van der Waals surface area contributed by atoms with Crippen molar-refractivity contribution in [1.29, 1.82) is 0 Å². The molecule has 182 valence electrons. The van der Waals surface area contributed by atoms with Gasteiger partial charge in [-0.3, -0.25) is 4.90 Å².